The quantitative estimate of drug-likeness (QED) is 0.119. The van der Waals surface area contributed by atoms with E-state index in [0.29, 0.717) is 11.5 Å². The summed E-state index contributed by atoms with van der Waals surface area (Å²) >= 11 is 0. The number of hydrogen-bond acceptors (Lipinski definition) is 5. The second kappa shape index (κ2) is 14.6. The Hall–Kier alpha value is -5.93. The molecule has 0 radical (unpaired) electrons. The van der Waals surface area contributed by atoms with Crippen LogP contribution in [0.25, 0.3) is 33.4 Å². The first-order chi connectivity index (χ1) is 25.6. The molecule has 0 aliphatic carbocycles. The number of para-hydroxylation sites is 2. The number of hydrogen-bond donors (Lipinski definition) is 0. The van der Waals surface area contributed by atoms with Crippen LogP contribution in [0, 0.1) is 18.8 Å². The van der Waals surface area contributed by atoms with Crippen LogP contribution in [0.4, 0.5) is 28.6 Å². The predicted octanol–water partition coefficient (Wildman–Crippen LogP) is 12.3. The van der Waals surface area contributed by atoms with Crippen LogP contribution in [0.15, 0.2) is 164 Å². The second-order valence-electron chi connectivity index (χ2n) is 13.2. The van der Waals surface area contributed by atoms with E-state index >= 15 is 0 Å². The maximum absolute atomic E-state index is 6.56. The predicted molar refractivity (Wildman–Crippen MR) is 212 cm³/mol. The molecule has 0 atom stereocenters. The van der Waals surface area contributed by atoms with E-state index in [2.05, 4.69) is 133 Å². The Morgan fingerprint density at radius 3 is 2.04 bits per heavy atom. The van der Waals surface area contributed by atoms with Crippen molar-refractivity contribution >= 4 is 28.6 Å². The topological polar surface area (TPSA) is 31.8 Å². The van der Waals surface area contributed by atoms with Gasteiger partial charge in [0.15, 0.2) is 0 Å². The number of fused-ring (bicyclic) bond motifs is 5. The SMILES string of the molecule is CC(C)c1cc(N2c3[c-]c(Oc4[c-]c(N5C=CN(c6ccccc6)[CH-]5)ccc4)ccc3-c3ccccc3-c3ccccc32)ncc1-c1ccccc1.[Pd]. The van der Waals surface area contributed by atoms with Crippen molar-refractivity contribution in [1.82, 2.24) is 4.98 Å². The van der Waals surface area contributed by atoms with Crippen LogP contribution in [0.1, 0.15) is 25.3 Å². The van der Waals surface area contributed by atoms with Crippen LogP contribution < -0.4 is 19.4 Å². The van der Waals surface area contributed by atoms with Gasteiger partial charge in [-0.15, -0.1) is 48.3 Å². The van der Waals surface area contributed by atoms with Crippen molar-refractivity contribution in [1.29, 1.82) is 0 Å². The summed E-state index contributed by atoms with van der Waals surface area (Å²) in [5.74, 6) is 2.29. The third kappa shape index (κ3) is 6.53. The van der Waals surface area contributed by atoms with Gasteiger partial charge in [0.25, 0.3) is 0 Å². The van der Waals surface area contributed by atoms with Gasteiger partial charge >= 0.3 is 0 Å². The van der Waals surface area contributed by atoms with Gasteiger partial charge in [0.05, 0.1) is 5.69 Å². The van der Waals surface area contributed by atoms with Gasteiger partial charge in [-0.1, -0.05) is 116 Å². The number of pyridine rings is 1. The molecule has 5 nitrogen and oxygen atoms in total. The molecule has 262 valence electrons. The Bertz CT molecular complexity index is 2430. The first-order valence-electron chi connectivity index (χ1n) is 17.6. The maximum Gasteiger partial charge on any atom is 0.135 e. The Balaban J connectivity index is 0.00000400. The first-order valence-corrected chi connectivity index (χ1v) is 17.6. The van der Waals surface area contributed by atoms with Gasteiger partial charge in [0.2, 0.25) is 0 Å². The van der Waals surface area contributed by atoms with E-state index in [1.807, 2.05) is 78.7 Å². The Kier molecular flexibility index (Phi) is 9.41. The minimum atomic E-state index is 0. The molecule has 0 bridgehead atoms. The van der Waals surface area contributed by atoms with E-state index in [9.17, 15) is 0 Å². The molecule has 2 aliphatic rings. The fourth-order valence-corrected chi connectivity index (χ4v) is 7.06. The molecule has 1 aromatic heterocycles. The van der Waals surface area contributed by atoms with Gasteiger partial charge in [0, 0.05) is 54.9 Å². The van der Waals surface area contributed by atoms with Gasteiger partial charge in [-0.25, -0.2) is 4.98 Å². The van der Waals surface area contributed by atoms with Crippen LogP contribution in [0.3, 0.4) is 0 Å². The van der Waals surface area contributed by atoms with Gasteiger partial charge in [-0.05, 0) is 59.3 Å². The molecule has 0 unspecified atom stereocenters. The number of benzene rings is 6. The molecule has 0 saturated carbocycles. The normalized spacial score (nSPS) is 12.8. The van der Waals surface area contributed by atoms with Crippen molar-refractivity contribution in [2.45, 2.75) is 19.8 Å². The zero-order chi connectivity index (χ0) is 35.0. The van der Waals surface area contributed by atoms with Crippen molar-refractivity contribution in [2.24, 2.45) is 0 Å². The minimum Gasteiger partial charge on any atom is -0.509 e. The molecule has 3 heterocycles. The van der Waals surface area contributed by atoms with Gasteiger partial charge in [-0.2, -0.15) is 12.1 Å². The van der Waals surface area contributed by atoms with Gasteiger partial charge < -0.3 is 19.4 Å². The average Bonchev–Trinajstić information content (AvgIpc) is 3.66. The molecule has 0 spiro atoms. The molecule has 0 amide bonds. The zero-order valence-corrected chi connectivity index (χ0v) is 30.8. The van der Waals surface area contributed by atoms with Crippen LogP contribution in [-0.4, -0.2) is 4.98 Å². The van der Waals surface area contributed by atoms with E-state index in [4.69, 9.17) is 9.72 Å². The van der Waals surface area contributed by atoms with E-state index in [-0.39, 0.29) is 26.3 Å². The molecule has 0 N–H and O–H groups in total. The van der Waals surface area contributed by atoms with Crippen LogP contribution >= 0.6 is 0 Å². The van der Waals surface area contributed by atoms with Crippen molar-refractivity contribution < 1.29 is 25.2 Å². The number of ether oxygens (including phenoxy) is 1. The monoisotopic (exact) mass is 777 g/mol. The summed E-state index contributed by atoms with van der Waals surface area (Å²) in [6.07, 6.45) is 6.07. The summed E-state index contributed by atoms with van der Waals surface area (Å²) in [5.41, 5.74) is 11.9. The molecule has 0 saturated heterocycles. The van der Waals surface area contributed by atoms with Gasteiger partial charge in [0.1, 0.15) is 5.82 Å². The molecule has 2 aliphatic heterocycles. The van der Waals surface area contributed by atoms with Crippen molar-refractivity contribution in [3.05, 3.63) is 189 Å². The van der Waals surface area contributed by atoms with Crippen LogP contribution in [0.2, 0.25) is 0 Å². The molecule has 6 heteroatoms. The molecular formula is C47H35N4OPd-3. The smallest absolute Gasteiger partial charge is 0.135 e. The van der Waals surface area contributed by atoms with E-state index in [1.165, 1.54) is 5.56 Å². The molecule has 7 aromatic rings. The Morgan fingerprint density at radius 2 is 1.26 bits per heavy atom. The number of anilines is 5. The van der Waals surface area contributed by atoms with Crippen molar-refractivity contribution in [2.75, 3.05) is 14.7 Å². The summed E-state index contributed by atoms with van der Waals surface area (Å²) in [7, 11) is 0. The summed E-state index contributed by atoms with van der Waals surface area (Å²) in [4.78, 5) is 11.5. The zero-order valence-electron chi connectivity index (χ0n) is 29.3. The largest absolute Gasteiger partial charge is 0.509 e. The molecule has 9 rings (SSSR count). The number of rotatable bonds is 7. The Labute approximate surface area is 325 Å². The summed E-state index contributed by atoms with van der Waals surface area (Å²) in [5, 5.41) is 0. The van der Waals surface area contributed by atoms with Crippen molar-refractivity contribution in [3.63, 3.8) is 0 Å². The Morgan fingerprint density at radius 1 is 0.604 bits per heavy atom. The maximum atomic E-state index is 6.56. The second-order valence-corrected chi connectivity index (χ2v) is 13.2. The molecule has 6 aromatic carbocycles. The van der Waals surface area contributed by atoms with E-state index < -0.39 is 0 Å². The fraction of sp³-hybridized carbons (Fsp3) is 0.0638. The summed E-state index contributed by atoms with van der Waals surface area (Å²) in [6, 6.07) is 57.4. The number of nitrogens with zero attached hydrogens (tertiary/aromatic N) is 4. The van der Waals surface area contributed by atoms with Crippen LogP contribution in [-0.2, 0) is 20.4 Å². The third-order valence-electron chi connectivity index (χ3n) is 9.57. The average molecular weight is 778 g/mol. The first kappa shape index (κ1) is 34.2. The number of aromatic nitrogens is 1. The van der Waals surface area contributed by atoms with Crippen molar-refractivity contribution in [3.8, 4) is 44.9 Å². The standard InChI is InChI=1S/C47H35N4O.Pd/c1-33(2)43-30-47(48-31-44(43)34-14-5-3-6-15-34)51-45-23-12-11-22-41(45)39-20-9-10-21-40(39)42-25-24-38(29-46(42)51)52-37-19-13-18-36(28-37)50-27-26-49(32-50)35-16-7-4-8-17-35;/h3-27,30-33H,1-2H3;/q-3;. The molecule has 53 heavy (non-hydrogen) atoms. The van der Waals surface area contributed by atoms with Gasteiger partial charge in [-0.3, -0.25) is 0 Å². The third-order valence-corrected chi connectivity index (χ3v) is 9.57. The molecular weight excluding hydrogens is 743 g/mol. The molecule has 0 fully saturated rings. The summed E-state index contributed by atoms with van der Waals surface area (Å²) < 4.78 is 6.56. The minimum absolute atomic E-state index is 0. The van der Waals surface area contributed by atoms with Crippen LogP contribution in [0.5, 0.6) is 11.5 Å². The van der Waals surface area contributed by atoms with E-state index in [1.54, 1.807) is 0 Å². The fourth-order valence-electron chi connectivity index (χ4n) is 7.06. The summed E-state index contributed by atoms with van der Waals surface area (Å²) in [6.45, 7) is 6.51. The van der Waals surface area contributed by atoms with E-state index in [0.717, 1.165) is 61.9 Å².